The van der Waals surface area contributed by atoms with E-state index in [0.717, 1.165) is 0 Å². The van der Waals surface area contributed by atoms with Gasteiger partial charge in [-0.2, -0.15) is 123 Å². The van der Waals surface area contributed by atoms with Gasteiger partial charge in [-0.05, 0) is 68.6 Å². The van der Waals surface area contributed by atoms with Crippen LogP contribution in [0.25, 0.3) is 0 Å². The third-order valence-electron chi connectivity index (χ3n) is 12.3. The zero-order valence-corrected chi connectivity index (χ0v) is 33.8. The van der Waals surface area contributed by atoms with E-state index in [4.69, 9.17) is 10.2 Å². The number of carboxylic acid groups (broad SMARTS) is 2. The fourth-order valence-corrected chi connectivity index (χ4v) is 8.33. The van der Waals surface area contributed by atoms with Crippen molar-refractivity contribution in [1.29, 1.82) is 0 Å². The summed E-state index contributed by atoms with van der Waals surface area (Å²) in [5.41, 5.74) is -4.83. The smallest absolute Gasteiger partial charge is 0.404 e. The minimum Gasteiger partial charge on any atom is -0.465 e. The molecule has 2 aliphatic rings. The molecule has 2 saturated carbocycles. The molecule has 0 unspecified atom stereocenters. The van der Waals surface area contributed by atoms with Crippen LogP contribution in [0.4, 0.5) is 150 Å². The van der Waals surface area contributed by atoms with Gasteiger partial charge in [0.1, 0.15) is 0 Å². The van der Waals surface area contributed by atoms with Crippen molar-refractivity contribution in [2.75, 3.05) is 0 Å². The van der Waals surface area contributed by atoms with Gasteiger partial charge in [0.2, 0.25) is 0 Å². The number of alkyl halides is 32. The predicted octanol–water partition coefficient (Wildman–Crippen LogP) is 13.8. The summed E-state index contributed by atoms with van der Waals surface area (Å²) >= 11 is 0. The molecule has 2 amide bonds. The largest absolute Gasteiger partial charge is 0.465 e. The van der Waals surface area contributed by atoms with E-state index in [0.29, 0.717) is 0 Å². The molecule has 4 N–H and O–H groups in total. The van der Waals surface area contributed by atoms with Gasteiger partial charge < -0.3 is 20.8 Å². The summed E-state index contributed by atoms with van der Waals surface area (Å²) in [5.74, 6) is -128. The number of hydrogen-bond acceptors (Lipinski definition) is 2. The lowest BCUT2D eigenvalue weighted by atomic mass is 9.53. The highest BCUT2D eigenvalue weighted by Gasteiger charge is 2.96. The van der Waals surface area contributed by atoms with Crippen molar-refractivity contribution in [2.45, 2.75) is 172 Å². The zero-order valence-electron chi connectivity index (χ0n) is 33.8. The molecule has 0 heterocycles. The maximum atomic E-state index is 16.1. The molecule has 420 valence electrons. The van der Waals surface area contributed by atoms with Crippen molar-refractivity contribution in [1.82, 2.24) is 10.6 Å². The van der Waals surface area contributed by atoms with Crippen molar-refractivity contribution in [3.8, 4) is 0 Å². The summed E-state index contributed by atoms with van der Waals surface area (Å²) in [4.78, 5) is 22.3. The van der Waals surface area contributed by atoms with Crippen LogP contribution in [-0.4, -0.2) is 130 Å². The molecule has 0 spiro atoms. The Kier molecular flexibility index (Phi) is 16.9. The van der Waals surface area contributed by atoms with E-state index >= 15 is 52.7 Å². The van der Waals surface area contributed by atoms with Crippen LogP contribution < -0.4 is 10.6 Å². The van der Waals surface area contributed by atoms with Gasteiger partial charge in [0.15, 0.2) is 0 Å². The van der Waals surface area contributed by atoms with Crippen LogP contribution >= 0.6 is 0 Å². The van der Waals surface area contributed by atoms with E-state index in [9.17, 15) is 97.4 Å². The Morgan fingerprint density at radius 2 is 0.549 bits per heavy atom. The van der Waals surface area contributed by atoms with E-state index in [1.807, 2.05) is 0 Å². The highest BCUT2D eigenvalue weighted by molar-refractivity contribution is 5.65. The highest BCUT2D eigenvalue weighted by Crippen LogP contribution is 2.69. The quantitative estimate of drug-likeness (QED) is 0.0812. The number of hydrogen-bond donors (Lipinski definition) is 4. The molecule has 0 aromatic heterocycles. The van der Waals surface area contributed by atoms with E-state index in [2.05, 4.69) is 0 Å². The summed E-state index contributed by atoms with van der Waals surface area (Å²) in [5, 5.41) is 21.0. The van der Waals surface area contributed by atoms with Gasteiger partial charge in [0.25, 0.3) is 0 Å². The van der Waals surface area contributed by atoms with Crippen LogP contribution in [0.2, 0.25) is 0 Å². The summed E-state index contributed by atoms with van der Waals surface area (Å²) in [7, 11) is 0. The molecule has 0 aliphatic heterocycles. The molecular weight excluding hydrogens is 1100 g/mol. The van der Waals surface area contributed by atoms with Gasteiger partial charge in [0.05, 0.1) is 0 Å². The first-order valence-electron chi connectivity index (χ1n) is 18.9. The summed E-state index contributed by atoms with van der Waals surface area (Å²) in [6.45, 7) is 0. The van der Waals surface area contributed by atoms with Gasteiger partial charge in [0, 0.05) is 24.9 Å². The third-order valence-corrected chi connectivity index (χ3v) is 12.3. The first kappa shape index (κ1) is 63.4. The van der Waals surface area contributed by atoms with Crippen LogP contribution in [0.3, 0.4) is 0 Å². The molecule has 6 nitrogen and oxygen atoms in total. The van der Waals surface area contributed by atoms with Crippen molar-refractivity contribution in [3.63, 3.8) is 0 Å². The minimum absolute atomic E-state index is 1.18. The lowest BCUT2D eigenvalue weighted by Crippen LogP contribution is -2.74. The van der Waals surface area contributed by atoms with Gasteiger partial charge in [-0.15, -0.1) is 0 Å². The molecule has 0 aromatic carbocycles. The van der Waals surface area contributed by atoms with Crippen LogP contribution in [0.5, 0.6) is 0 Å². The summed E-state index contributed by atoms with van der Waals surface area (Å²) in [6, 6.07) is -3.37. The third kappa shape index (κ3) is 9.68. The van der Waals surface area contributed by atoms with Crippen LogP contribution in [0, 0.1) is 17.3 Å². The first-order chi connectivity index (χ1) is 31.1. The average Bonchev–Trinajstić information content (AvgIpc) is 3.19. The van der Waals surface area contributed by atoms with Crippen LogP contribution in [0.1, 0.15) is 64.2 Å². The van der Waals surface area contributed by atoms with Gasteiger partial charge >= 0.3 is 108 Å². The van der Waals surface area contributed by atoms with Crippen molar-refractivity contribution >= 4 is 12.2 Å². The average molecular weight is 1130 g/mol. The molecule has 0 aromatic rings. The molecular formula is C33H30F32N2O4. The Labute approximate surface area is 373 Å². The van der Waals surface area contributed by atoms with Crippen molar-refractivity contribution in [3.05, 3.63) is 0 Å². The molecule has 2 aliphatic carbocycles. The predicted molar refractivity (Wildman–Crippen MR) is 167 cm³/mol. The first-order valence-corrected chi connectivity index (χ1v) is 18.9. The molecule has 71 heavy (non-hydrogen) atoms. The van der Waals surface area contributed by atoms with Crippen molar-refractivity contribution < 1.29 is 160 Å². The lowest BCUT2D eigenvalue weighted by molar-refractivity contribution is -0.451. The van der Waals surface area contributed by atoms with Gasteiger partial charge in [-0.3, -0.25) is 0 Å². The summed E-state index contributed by atoms with van der Waals surface area (Å²) < 4.78 is 461. The minimum atomic E-state index is -9.24. The zero-order chi connectivity index (χ0) is 56.6. The van der Waals surface area contributed by atoms with E-state index < -0.39 is 201 Å². The topological polar surface area (TPSA) is 98.7 Å². The standard InChI is InChI=1S/C33H30F32N2O4/c34-15(35)22(42,43)26(50,51)30(58,59)32(62,63)28(54,55)24(46,47)20(38,39)9-19(11-1-5-13(6-2-11)66-17(68)69,12-3-7-14(8-4-12)67-18(70)71)10-21(40,41)25(48,49)29(56,57)33(64,65)31(60,61)27(52,53)23(44,45)16(36)37/h11-16,66-67H,1-10H2,(H,68,69)(H,70,71). The highest BCUT2D eigenvalue weighted by atomic mass is 19.4. The van der Waals surface area contributed by atoms with Gasteiger partial charge in [-0.25, -0.2) is 27.2 Å². The molecule has 2 fully saturated rings. The van der Waals surface area contributed by atoms with E-state index in [1.165, 1.54) is 0 Å². The maximum Gasteiger partial charge on any atom is 0.404 e. The Hall–Kier alpha value is -3.70. The second-order valence-electron chi connectivity index (χ2n) is 16.6. The van der Waals surface area contributed by atoms with E-state index in [1.54, 1.807) is 10.6 Å². The number of rotatable bonds is 22. The maximum absolute atomic E-state index is 16.1. The Balaban J connectivity index is 3.14. The monoisotopic (exact) mass is 1130 g/mol. The number of halogens is 32. The van der Waals surface area contributed by atoms with Crippen LogP contribution in [-0.2, 0) is 0 Å². The number of carbonyl (C=O) groups is 2. The van der Waals surface area contributed by atoms with E-state index in [-0.39, 0.29) is 0 Å². The molecule has 0 radical (unpaired) electrons. The molecule has 2 rings (SSSR count). The lowest BCUT2D eigenvalue weighted by Gasteiger charge is -2.54. The Bertz CT molecular complexity index is 1740. The number of nitrogens with one attached hydrogen (secondary N) is 2. The normalized spacial score (nSPS) is 22.2. The van der Waals surface area contributed by atoms with Crippen molar-refractivity contribution in [2.24, 2.45) is 17.3 Å². The molecule has 0 saturated heterocycles. The second kappa shape index (κ2) is 18.9. The number of amides is 2. The Morgan fingerprint density at radius 3 is 0.746 bits per heavy atom. The van der Waals surface area contributed by atoms with Crippen LogP contribution in [0.15, 0.2) is 0 Å². The Morgan fingerprint density at radius 1 is 0.352 bits per heavy atom. The molecule has 38 heteroatoms. The van der Waals surface area contributed by atoms with Gasteiger partial charge in [-0.1, -0.05) is 0 Å². The molecule has 0 bridgehead atoms. The molecule has 0 atom stereocenters. The fourth-order valence-electron chi connectivity index (χ4n) is 8.33. The SMILES string of the molecule is O=C(O)NC1CCC(C(CC(F)(F)C(F)(F)C(F)(F)C(F)(F)C(F)(F)C(F)(F)C(F)(F)C(F)F)(CC(F)(F)C(F)(F)C(F)(F)C(F)(F)C(F)(F)C(F)(F)C(F)(F)C(F)F)C2CCC(NC(=O)O)CC2)CC1. The second-order valence-corrected chi connectivity index (χ2v) is 16.6. The summed E-state index contributed by atoms with van der Waals surface area (Å²) in [6.07, 6.45) is -36.3. The fraction of sp³-hybridized carbons (Fsp3) is 0.939.